The number of halogens is 4. The fourth-order valence-electron chi connectivity index (χ4n) is 4.65. The quantitative estimate of drug-likeness (QED) is 0.472. The van der Waals surface area contributed by atoms with E-state index >= 15 is 0 Å². The highest BCUT2D eigenvalue weighted by Crippen LogP contribution is 2.33. The summed E-state index contributed by atoms with van der Waals surface area (Å²) in [5, 5.41) is 20.1. The van der Waals surface area contributed by atoms with Crippen molar-refractivity contribution in [1.29, 1.82) is 0 Å². The molecule has 4 nitrogen and oxygen atoms in total. The molecule has 0 radical (unpaired) electrons. The van der Waals surface area contributed by atoms with Crippen LogP contribution in [-0.4, -0.2) is 59.4 Å². The minimum atomic E-state index is 0.110. The Hall–Kier alpha value is -0.880. The van der Waals surface area contributed by atoms with Gasteiger partial charge in [0.15, 0.2) is 0 Å². The van der Waals surface area contributed by atoms with E-state index in [9.17, 15) is 10.2 Å². The van der Waals surface area contributed by atoms with Gasteiger partial charge in [-0.15, -0.1) is 23.2 Å². The first-order valence-electron chi connectivity index (χ1n) is 10.9. The second-order valence-corrected chi connectivity index (χ2v) is 9.70. The molecular formula is C24H30Cl4N2O2. The number of aliphatic hydroxyl groups excluding tert-OH is 2. The van der Waals surface area contributed by atoms with Crippen LogP contribution in [0.3, 0.4) is 0 Å². The van der Waals surface area contributed by atoms with Crippen LogP contribution in [0, 0.1) is 0 Å². The summed E-state index contributed by atoms with van der Waals surface area (Å²) >= 11 is 23.7. The van der Waals surface area contributed by atoms with E-state index < -0.39 is 0 Å². The first-order valence-corrected chi connectivity index (χ1v) is 12.8. The average Bonchev–Trinajstić information content (AvgIpc) is 3.44. The highest BCUT2D eigenvalue weighted by molar-refractivity contribution is 6.30. The van der Waals surface area contributed by atoms with E-state index in [-0.39, 0.29) is 25.3 Å². The van der Waals surface area contributed by atoms with Crippen LogP contribution in [0.5, 0.6) is 0 Å². The van der Waals surface area contributed by atoms with Gasteiger partial charge in [-0.05, 0) is 74.2 Å². The summed E-state index contributed by atoms with van der Waals surface area (Å²) in [5.74, 6) is 1.30. The molecule has 2 aliphatic heterocycles. The molecule has 176 valence electrons. The summed E-state index contributed by atoms with van der Waals surface area (Å²) in [5.41, 5.74) is 2.18. The summed E-state index contributed by atoms with van der Waals surface area (Å²) < 4.78 is 0. The van der Waals surface area contributed by atoms with Gasteiger partial charge in [0.1, 0.15) is 0 Å². The van der Waals surface area contributed by atoms with Gasteiger partial charge in [0.25, 0.3) is 0 Å². The third-order valence-electron chi connectivity index (χ3n) is 6.27. The topological polar surface area (TPSA) is 46.9 Å². The van der Waals surface area contributed by atoms with Crippen molar-refractivity contribution < 1.29 is 10.2 Å². The summed E-state index contributed by atoms with van der Waals surface area (Å²) in [6, 6.07) is 16.4. The lowest BCUT2D eigenvalue weighted by Crippen LogP contribution is -2.40. The van der Waals surface area contributed by atoms with Crippen molar-refractivity contribution in [2.45, 2.75) is 49.9 Å². The number of alkyl halides is 2. The molecule has 0 saturated carbocycles. The van der Waals surface area contributed by atoms with E-state index in [2.05, 4.69) is 9.80 Å². The number of benzene rings is 2. The number of hydrogen-bond acceptors (Lipinski definition) is 4. The number of rotatable bonds is 6. The first kappa shape index (κ1) is 25.7. The van der Waals surface area contributed by atoms with Crippen LogP contribution >= 0.6 is 46.4 Å². The molecule has 2 aliphatic rings. The van der Waals surface area contributed by atoms with Gasteiger partial charge >= 0.3 is 0 Å². The largest absolute Gasteiger partial charge is 0.394 e. The standard InChI is InChI=1S/C12H14Cl3N.C12H16ClNO2/c13-7-11-5-6-12(8-14)16(11)10-3-1-9(15)2-4-10;13-9-1-3-10(4-2-9)14-11(7-15)5-6-12(14)8-16/h1-4,11-12H,5-8H2;1-4,11-12,15-16H,5-8H2. The maximum absolute atomic E-state index is 9.32. The second-order valence-electron chi connectivity index (χ2n) is 8.21. The maximum atomic E-state index is 9.32. The molecule has 2 saturated heterocycles. The van der Waals surface area contributed by atoms with Crippen LogP contribution in [0.15, 0.2) is 48.5 Å². The summed E-state index contributed by atoms with van der Waals surface area (Å²) in [6.45, 7) is 0.248. The zero-order valence-electron chi connectivity index (χ0n) is 17.9. The lowest BCUT2D eigenvalue weighted by Gasteiger charge is -2.30. The second kappa shape index (κ2) is 12.5. The van der Waals surface area contributed by atoms with Gasteiger partial charge in [-0.1, -0.05) is 23.2 Å². The molecule has 2 N–H and O–H groups in total. The molecule has 4 rings (SSSR count). The van der Waals surface area contributed by atoms with Crippen LogP contribution in [-0.2, 0) is 0 Å². The molecule has 8 heteroatoms. The van der Waals surface area contributed by atoms with E-state index in [4.69, 9.17) is 46.4 Å². The van der Waals surface area contributed by atoms with E-state index in [1.807, 2.05) is 48.5 Å². The highest BCUT2D eigenvalue weighted by Gasteiger charge is 2.33. The van der Waals surface area contributed by atoms with E-state index in [1.54, 1.807) is 0 Å². The number of aliphatic hydroxyl groups is 2. The predicted molar refractivity (Wildman–Crippen MR) is 137 cm³/mol. The average molecular weight is 520 g/mol. The Morgan fingerprint density at radius 2 is 0.906 bits per heavy atom. The zero-order chi connectivity index (χ0) is 23.1. The molecule has 0 spiro atoms. The molecule has 4 unspecified atom stereocenters. The Bertz CT molecular complexity index is 728. The van der Waals surface area contributed by atoms with Crippen LogP contribution in [0.4, 0.5) is 11.4 Å². The molecule has 2 fully saturated rings. The molecular weight excluding hydrogens is 490 g/mol. The van der Waals surface area contributed by atoms with Crippen LogP contribution in [0.2, 0.25) is 10.0 Å². The number of anilines is 2. The van der Waals surface area contributed by atoms with Crippen molar-refractivity contribution in [1.82, 2.24) is 0 Å². The minimum Gasteiger partial charge on any atom is -0.394 e. The summed E-state index contributed by atoms with van der Waals surface area (Å²) in [6.07, 6.45) is 4.07. The molecule has 0 aliphatic carbocycles. The van der Waals surface area contributed by atoms with Gasteiger partial charge in [-0.25, -0.2) is 0 Å². The van der Waals surface area contributed by atoms with Crippen molar-refractivity contribution in [2.24, 2.45) is 0 Å². The lowest BCUT2D eigenvalue weighted by molar-refractivity contribution is 0.248. The fraction of sp³-hybridized carbons (Fsp3) is 0.500. The Morgan fingerprint density at radius 3 is 1.22 bits per heavy atom. The molecule has 2 aromatic rings. The van der Waals surface area contributed by atoms with Crippen LogP contribution in [0.25, 0.3) is 0 Å². The lowest BCUT2D eigenvalue weighted by atomic mass is 10.2. The van der Waals surface area contributed by atoms with Gasteiger partial charge in [-0.2, -0.15) is 0 Å². The number of nitrogens with zero attached hydrogens (tertiary/aromatic N) is 2. The SMILES string of the molecule is ClCC1CCC(CCl)N1c1ccc(Cl)cc1.OCC1CCC(CO)N1c1ccc(Cl)cc1. The maximum Gasteiger partial charge on any atom is 0.0635 e. The summed E-state index contributed by atoms with van der Waals surface area (Å²) in [4.78, 5) is 4.42. The third-order valence-corrected chi connectivity index (χ3v) is 7.48. The predicted octanol–water partition coefficient (Wildman–Crippen LogP) is 5.82. The Morgan fingerprint density at radius 1 is 0.594 bits per heavy atom. The van der Waals surface area contributed by atoms with Gasteiger partial charge < -0.3 is 20.0 Å². The van der Waals surface area contributed by atoms with Gasteiger partial charge in [0, 0.05) is 45.3 Å². The third kappa shape index (κ3) is 6.16. The van der Waals surface area contributed by atoms with Crippen LogP contribution in [0.1, 0.15) is 25.7 Å². The molecule has 32 heavy (non-hydrogen) atoms. The van der Waals surface area contributed by atoms with Crippen molar-refractivity contribution in [2.75, 3.05) is 34.8 Å². The van der Waals surface area contributed by atoms with Crippen LogP contribution < -0.4 is 9.80 Å². The Kier molecular flexibility index (Phi) is 10.1. The smallest absolute Gasteiger partial charge is 0.0635 e. The van der Waals surface area contributed by atoms with Gasteiger partial charge in [-0.3, -0.25) is 0 Å². The summed E-state index contributed by atoms with van der Waals surface area (Å²) in [7, 11) is 0. The molecule has 0 bridgehead atoms. The fourth-order valence-corrected chi connectivity index (χ4v) is 5.51. The Balaban J connectivity index is 0.000000181. The van der Waals surface area contributed by atoms with Crippen molar-refractivity contribution in [3.05, 3.63) is 58.6 Å². The molecule has 0 aromatic heterocycles. The van der Waals surface area contributed by atoms with Gasteiger partial charge in [0.05, 0.1) is 25.3 Å². The molecule has 0 amide bonds. The van der Waals surface area contributed by atoms with E-state index in [0.29, 0.717) is 28.9 Å². The number of hydrogen-bond donors (Lipinski definition) is 2. The van der Waals surface area contributed by atoms with Crippen molar-refractivity contribution >= 4 is 57.8 Å². The molecule has 2 heterocycles. The van der Waals surface area contributed by atoms with E-state index in [0.717, 1.165) is 36.4 Å². The molecule has 2 aromatic carbocycles. The van der Waals surface area contributed by atoms with E-state index in [1.165, 1.54) is 5.69 Å². The van der Waals surface area contributed by atoms with Crippen molar-refractivity contribution in [3.8, 4) is 0 Å². The van der Waals surface area contributed by atoms with Crippen molar-refractivity contribution in [3.63, 3.8) is 0 Å². The minimum absolute atomic E-state index is 0.110. The first-order chi connectivity index (χ1) is 15.5. The zero-order valence-corrected chi connectivity index (χ0v) is 20.9. The monoisotopic (exact) mass is 518 g/mol. The molecule has 4 atom stereocenters. The normalized spacial score (nSPS) is 25.1. The highest BCUT2D eigenvalue weighted by atomic mass is 35.5. The van der Waals surface area contributed by atoms with Gasteiger partial charge in [0.2, 0.25) is 0 Å². The Labute approximate surface area is 210 Å².